The van der Waals surface area contributed by atoms with Crippen molar-refractivity contribution in [2.75, 3.05) is 4.90 Å². The maximum Gasteiger partial charge on any atom is 0.707 e. The van der Waals surface area contributed by atoms with E-state index in [9.17, 15) is 10.0 Å². The van der Waals surface area contributed by atoms with Crippen LogP contribution in [-0.4, -0.2) is 17.4 Å². The fraction of sp³-hybridized carbons (Fsp3) is 0.182. The van der Waals surface area contributed by atoms with E-state index in [2.05, 4.69) is 37.8 Å². The first-order valence-corrected chi connectivity index (χ1v) is 9.19. The second-order valence-electron chi connectivity index (χ2n) is 6.87. The van der Waals surface area contributed by atoms with Crippen LogP contribution in [0.2, 0.25) is 0 Å². The second kappa shape index (κ2) is 8.48. The number of benzene rings is 3. The van der Waals surface area contributed by atoms with Crippen LogP contribution < -0.4 is 15.3 Å². The van der Waals surface area contributed by atoms with E-state index >= 15 is 0 Å². The Kier molecular flexibility index (Phi) is 6.04. The lowest BCUT2D eigenvalue weighted by atomic mass is 10.0. The van der Waals surface area contributed by atoms with Crippen LogP contribution in [0.5, 0.6) is 5.75 Å². The van der Waals surface area contributed by atoms with Gasteiger partial charge in [-0.3, -0.25) is 0 Å². The van der Waals surface area contributed by atoms with Crippen LogP contribution in [0.3, 0.4) is 0 Å². The zero-order valence-corrected chi connectivity index (χ0v) is 16.4. The summed E-state index contributed by atoms with van der Waals surface area (Å²) >= 11 is 0. The molecule has 0 radical (unpaired) electrons. The van der Waals surface area contributed by atoms with Crippen LogP contribution in [-0.2, 0) is 6.54 Å². The average molecular weight is 376 g/mol. The summed E-state index contributed by atoms with van der Waals surface area (Å²) in [4.78, 5) is 2.07. The number of hydrogen-bond donors (Lipinski definition) is 3. The molecule has 0 spiro atoms. The molecule has 0 atom stereocenters. The Bertz CT molecular complexity index is 935. The van der Waals surface area contributed by atoms with Gasteiger partial charge in [-0.15, -0.1) is 0 Å². The number of nitrogens with zero attached hydrogens (tertiary/aromatic N) is 1. The molecule has 3 rings (SSSR count). The number of anilines is 3. The van der Waals surface area contributed by atoms with Crippen molar-refractivity contribution in [3.8, 4) is 5.75 Å². The summed E-state index contributed by atoms with van der Waals surface area (Å²) in [6.45, 7) is 6.69. The number of nitrogens with two attached hydrogens (primary N) is 1. The Morgan fingerprint density at radius 2 is 1.54 bits per heavy atom. The standard InChI is InChI=1S/C22H25BN2O3/c1-15-12-16(2)22(17(3)13-15)25(19-10-8-18(14-24)9-11-19)20-6-4-5-7-21(20)28-23(26)27/h4-13,26-27H,14,24H2,1-3H3. The molecule has 0 amide bonds. The van der Waals surface area contributed by atoms with Crippen molar-refractivity contribution in [2.24, 2.45) is 5.73 Å². The van der Waals surface area contributed by atoms with Gasteiger partial charge in [-0.25, -0.2) is 0 Å². The topological polar surface area (TPSA) is 79.0 Å². The van der Waals surface area contributed by atoms with Crippen molar-refractivity contribution in [1.29, 1.82) is 0 Å². The molecule has 3 aromatic carbocycles. The Labute approximate surface area is 166 Å². The molecule has 0 saturated carbocycles. The first-order valence-electron chi connectivity index (χ1n) is 9.19. The smallest absolute Gasteiger partial charge is 0.510 e. The molecular weight excluding hydrogens is 351 g/mol. The summed E-state index contributed by atoms with van der Waals surface area (Å²) in [6, 6.07) is 19.6. The summed E-state index contributed by atoms with van der Waals surface area (Å²) in [7, 11) is -1.90. The van der Waals surface area contributed by atoms with Crippen LogP contribution in [0.15, 0.2) is 60.7 Å². The van der Waals surface area contributed by atoms with E-state index in [1.807, 2.05) is 36.4 Å². The molecule has 0 aliphatic carbocycles. The third-order valence-electron chi connectivity index (χ3n) is 4.63. The third-order valence-corrected chi connectivity index (χ3v) is 4.63. The SMILES string of the molecule is Cc1cc(C)c(N(c2ccc(CN)cc2)c2ccccc2OB(O)O)c(C)c1. The molecule has 144 valence electrons. The van der Waals surface area contributed by atoms with Gasteiger partial charge in [0.2, 0.25) is 0 Å². The fourth-order valence-electron chi connectivity index (χ4n) is 3.55. The van der Waals surface area contributed by atoms with E-state index in [1.165, 1.54) is 5.56 Å². The zero-order chi connectivity index (χ0) is 20.3. The van der Waals surface area contributed by atoms with E-state index < -0.39 is 7.32 Å². The zero-order valence-electron chi connectivity index (χ0n) is 16.4. The molecule has 28 heavy (non-hydrogen) atoms. The number of para-hydroxylation sites is 2. The normalized spacial score (nSPS) is 10.6. The first kappa shape index (κ1) is 20.0. The highest BCUT2D eigenvalue weighted by Gasteiger charge is 2.22. The molecule has 3 aromatic rings. The van der Waals surface area contributed by atoms with Crippen molar-refractivity contribution < 1.29 is 14.7 Å². The van der Waals surface area contributed by atoms with Crippen LogP contribution >= 0.6 is 0 Å². The minimum absolute atomic E-state index is 0.375. The van der Waals surface area contributed by atoms with Gasteiger partial charge < -0.3 is 25.3 Å². The molecule has 0 bridgehead atoms. The molecule has 0 aliphatic heterocycles. The molecule has 0 fully saturated rings. The van der Waals surface area contributed by atoms with Gasteiger partial charge in [-0.1, -0.05) is 42.0 Å². The summed E-state index contributed by atoms with van der Waals surface area (Å²) in [6.07, 6.45) is 0. The first-order chi connectivity index (χ1) is 13.4. The highest BCUT2D eigenvalue weighted by Crippen LogP contribution is 2.43. The molecule has 5 nitrogen and oxygen atoms in total. The molecule has 0 heterocycles. The Hall–Kier alpha value is -2.80. The van der Waals surface area contributed by atoms with E-state index in [-0.39, 0.29) is 0 Å². The summed E-state index contributed by atoms with van der Waals surface area (Å²) < 4.78 is 5.27. The van der Waals surface area contributed by atoms with Crippen LogP contribution in [0.25, 0.3) is 0 Å². The summed E-state index contributed by atoms with van der Waals surface area (Å²) in [5.74, 6) is 0.375. The monoisotopic (exact) mass is 376 g/mol. The van der Waals surface area contributed by atoms with Gasteiger partial charge in [0.25, 0.3) is 0 Å². The van der Waals surface area contributed by atoms with E-state index in [0.717, 1.165) is 28.1 Å². The van der Waals surface area contributed by atoms with Crippen molar-refractivity contribution in [3.63, 3.8) is 0 Å². The minimum Gasteiger partial charge on any atom is -0.510 e. The highest BCUT2D eigenvalue weighted by molar-refractivity contribution is 6.34. The van der Waals surface area contributed by atoms with Gasteiger partial charge in [0, 0.05) is 12.2 Å². The van der Waals surface area contributed by atoms with Gasteiger partial charge in [0.1, 0.15) is 5.75 Å². The maximum atomic E-state index is 9.37. The predicted molar refractivity (Wildman–Crippen MR) is 114 cm³/mol. The Morgan fingerprint density at radius 3 is 2.11 bits per heavy atom. The highest BCUT2D eigenvalue weighted by atomic mass is 16.6. The van der Waals surface area contributed by atoms with Crippen molar-refractivity contribution in [3.05, 3.63) is 82.9 Å². The Balaban J connectivity index is 2.24. The Morgan fingerprint density at radius 1 is 0.929 bits per heavy atom. The molecular formula is C22H25BN2O3. The number of aryl methyl sites for hydroxylation is 3. The second-order valence-corrected chi connectivity index (χ2v) is 6.87. The molecule has 6 heteroatoms. The lowest BCUT2D eigenvalue weighted by Gasteiger charge is -2.30. The summed E-state index contributed by atoms with van der Waals surface area (Å²) in [5.41, 5.74) is 12.9. The van der Waals surface area contributed by atoms with Gasteiger partial charge in [0.15, 0.2) is 0 Å². The fourth-order valence-corrected chi connectivity index (χ4v) is 3.55. The molecule has 0 unspecified atom stereocenters. The van der Waals surface area contributed by atoms with Crippen LogP contribution in [0.4, 0.5) is 17.1 Å². The number of rotatable bonds is 6. The van der Waals surface area contributed by atoms with E-state index in [1.54, 1.807) is 12.1 Å². The van der Waals surface area contributed by atoms with Crippen molar-refractivity contribution >= 4 is 24.4 Å². The van der Waals surface area contributed by atoms with Crippen LogP contribution in [0, 0.1) is 20.8 Å². The van der Waals surface area contributed by atoms with Gasteiger partial charge in [0.05, 0.1) is 11.4 Å². The lowest BCUT2D eigenvalue weighted by Crippen LogP contribution is -2.22. The predicted octanol–water partition coefficient (Wildman–Crippen LogP) is 3.89. The molecule has 4 N–H and O–H groups in total. The van der Waals surface area contributed by atoms with Crippen LogP contribution in [0.1, 0.15) is 22.3 Å². The van der Waals surface area contributed by atoms with Crippen molar-refractivity contribution in [2.45, 2.75) is 27.3 Å². The quantitative estimate of drug-likeness (QED) is 0.569. The minimum atomic E-state index is -1.90. The van der Waals surface area contributed by atoms with Crippen molar-refractivity contribution in [1.82, 2.24) is 0 Å². The molecule has 0 aromatic heterocycles. The third kappa shape index (κ3) is 4.20. The average Bonchev–Trinajstić information content (AvgIpc) is 2.65. The molecule has 0 aliphatic rings. The van der Waals surface area contributed by atoms with Gasteiger partial charge >= 0.3 is 7.32 Å². The van der Waals surface area contributed by atoms with E-state index in [0.29, 0.717) is 18.0 Å². The summed E-state index contributed by atoms with van der Waals surface area (Å²) in [5, 5.41) is 18.7. The largest absolute Gasteiger partial charge is 0.707 e. The van der Waals surface area contributed by atoms with Gasteiger partial charge in [-0.05, 0) is 61.7 Å². The van der Waals surface area contributed by atoms with E-state index in [4.69, 9.17) is 10.4 Å². The lowest BCUT2D eigenvalue weighted by molar-refractivity contribution is 0.288. The molecule has 0 saturated heterocycles. The van der Waals surface area contributed by atoms with Gasteiger partial charge in [-0.2, -0.15) is 0 Å². The maximum absolute atomic E-state index is 9.37. The number of hydrogen-bond acceptors (Lipinski definition) is 5.